The summed E-state index contributed by atoms with van der Waals surface area (Å²) in [7, 11) is -3.50. The van der Waals surface area contributed by atoms with Crippen molar-refractivity contribution in [2.24, 2.45) is 16.7 Å². The van der Waals surface area contributed by atoms with Crippen molar-refractivity contribution in [3.8, 4) is 0 Å². The van der Waals surface area contributed by atoms with Gasteiger partial charge in [-0.1, -0.05) is 62.4 Å². The number of carbonyl (C=O) groups is 1. The third-order valence-electron chi connectivity index (χ3n) is 7.67. The molecular weight excluding hydrogens is 420 g/mol. The summed E-state index contributed by atoms with van der Waals surface area (Å²) in [6, 6.07) is 18.5. The fourth-order valence-electron chi connectivity index (χ4n) is 5.65. The quantitative estimate of drug-likeness (QED) is 0.332. The average molecular weight is 451 g/mol. The Morgan fingerprint density at radius 3 is 2.41 bits per heavy atom. The maximum absolute atomic E-state index is 13.3. The summed E-state index contributed by atoms with van der Waals surface area (Å²) in [6.45, 7) is 4.27. The van der Waals surface area contributed by atoms with Gasteiger partial charge in [-0.3, -0.25) is 0 Å². The number of fused-ring (bicyclic) bond motifs is 2. The molecule has 0 heterocycles. The number of esters is 1. The van der Waals surface area contributed by atoms with Gasteiger partial charge in [0.1, 0.15) is 6.10 Å². The van der Waals surface area contributed by atoms with Crippen LogP contribution in [0.4, 0.5) is 0 Å². The Balaban J connectivity index is 1.51. The Bertz CT molecular complexity index is 1130. The SMILES string of the molecule is CC1(C)[C@@H]2CC[C@@]1(CS(=O)(=O)c1ccccc1)[C@H](OC(=O)C=C=CCc1ccccc1)C2. The van der Waals surface area contributed by atoms with Crippen LogP contribution in [-0.2, 0) is 25.8 Å². The maximum atomic E-state index is 13.3. The Morgan fingerprint density at radius 1 is 1.09 bits per heavy atom. The van der Waals surface area contributed by atoms with E-state index >= 15 is 0 Å². The van der Waals surface area contributed by atoms with E-state index in [1.54, 1.807) is 30.3 Å². The summed E-state index contributed by atoms with van der Waals surface area (Å²) in [4.78, 5) is 12.9. The molecule has 2 aromatic carbocycles. The molecule has 0 aliphatic heterocycles. The molecule has 32 heavy (non-hydrogen) atoms. The lowest BCUT2D eigenvalue weighted by atomic mass is 9.69. The van der Waals surface area contributed by atoms with Gasteiger partial charge in [-0.15, -0.1) is 5.73 Å². The first-order valence-electron chi connectivity index (χ1n) is 11.2. The zero-order chi connectivity index (χ0) is 22.8. The molecule has 0 aromatic heterocycles. The number of benzene rings is 2. The van der Waals surface area contributed by atoms with E-state index in [-0.39, 0.29) is 11.2 Å². The Labute approximate surface area is 190 Å². The zero-order valence-corrected chi connectivity index (χ0v) is 19.5. The normalized spacial score (nSPS) is 25.7. The van der Waals surface area contributed by atoms with Gasteiger partial charge in [0.25, 0.3) is 0 Å². The highest BCUT2D eigenvalue weighted by molar-refractivity contribution is 7.91. The van der Waals surface area contributed by atoms with Crippen molar-refractivity contribution in [1.82, 2.24) is 0 Å². The largest absolute Gasteiger partial charge is 0.458 e. The van der Waals surface area contributed by atoms with Crippen molar-refractivity contribution >= 4 is 15.8 Å². The highest BCUT2D eigenvalue weighted by Crippen LogP contribution is 2.67. The summed E-state index contributed by atoms with van der Waals surface area (Å²) >= 11 is 0. The van der Waals surface area contributed by atoms with Crippen molar-refractivity contribution in [3.63, 3.8) is 0 Å². The van der Waals surface area contributed by atoms with E-state index in [1.165, 1.54) is 6.08 Å². The third kappa shape index (κ3) is 4.20. The molecule has 0 amide bonds. The second-order valence-electron chi connectivity index (χ2n) is 9.55. The van der Waals surface area contributed by atoms with E-state index in [0.717, 1.165) is 18.4 Å². The number of sulfone groups is 1. The molecule has 3 atom stereocenters. The Hall–Kier alpha value is -2.62. The molecule has 0 radical (unpaired) electrons. The molecular formula is C27H30O4S. The van der Waals surface area contributed by atoms with Crippen LogP contribution in [0.5, 0.6) is 0 Å². The first-order valence-corrected chi connectivity index (χ1v) is 12.8. The van der Waals surface area contributed by atoms with Crippen molar-refractivity contribution in [3.05, 3.63) is 84.1 Å². The molecule has 0 spiro atoms. The summed E-state index contributed by atoms with van der Waals surface area (Å²) in [5.41, 5.74) is 3.26. The van der Waals surface area contributed by atoms with E-state index in [1.807, 2.05) is 36.4 Å². The highest BCUT2D eigenvalue weighted by Gasteiger charge is 2.66. The fourth-order valence-corrected chi connectivity index (χ4v) is 7.77. The van der Waals surface area contributed by atoms with Crippen LogP contribution in [0.1, 0.15) is 38.7 Å². The molecule has 4 rings (SSSR count). The van der Waals surface area contributed by atoms with Crippen LogP contribution in [0.2, 0.25) is 0 Å². The molecule has 2 aromatic rings. The smallest absolute Gasteiger partial charge is 0.338 e. The number of carbonyl (C=O) groups excluding carboxylic acids is 1. The molecule has 4 nitrogen and oxygen atoms in total. The van der Waals surface area contributed by atoms with Crippen molar-refractivity contribution in [2.45, 2.75) is 50.5 Å². The summed E-state index contributed by atoms with van der Waals surface area (Å²) in [5, 5.41) is 0. The highest BCUT2D eigenvalue weighted by atomic mass is 32.2. The second-order valence-corrected chi connectivity index (χ2v) is 11.5. The van der Waals surface area contributed by atoms with Gasteiger partial charge >= 0.3 is 5.97 Å². The van der Waals surface area contributed by atoms with Gasteiger partial charge in [0.15, 0.2) is 9.84 Å². The summed E-state index contributed by atoms with van der Waals surface area (Å²) < 4.78 is 32.4. The van der Waals surface area contributed by atoms with Gasteiger partial charge in [0, 0.05) is 5.41 Å². The lowest BCUT2D eigenvalue weighted by molar-refractivity contribution is -0.150. The first kappa shape index (κ1) is 22.6. The minimum absolute atomic E-state index is 0.000971. The number of hydrogen-bond donors (Lipinski definition) is 0. The molecule has 5 heteroatoms. The zero-order valence-electron chi connectivity index (χ0n) is 18.7. The van der Waals surface area contributed by atoms with E-state index in [9.17, 15) is 13.2 Å². The van der Waals surface area contributed by atoms with Gasteiger partial charge < -0.3 is 4.74 Å². The Morgan fingerprint density at radius 2 is 1.75 bits per heavy atom. The first-order chi connectivity index (χ1) is 15.2. The molecule has 2 aliphatic rings. The molecule has 2 fully saturated rings. The minimum atomic E-state index is -3.50. The van der Waals surface area contributed by atoms with E-state index < -0.39 is 27.3 Å². The van der Waals surface area contributed by atoms with E-state index in [2.05, 4.69) is 19.6 Å². The minimum Gasteiger partial charge on any atom is -0.458 e. The fraction of sp³-hybridized carbons (Fsp3) is 0.407. The van der Waals surface area contributed by atoms with Gasteiger partial charge in [-0.25, -0.2) is 13.2 Å². The molecule has 0 N–H and O–H groups in total. The van der Waals surface area contributed by atoms with E-state index in [4.69, 9.17) is 4.74 Å². The molecule has 168 valence electrons. The lowest BCUT2D eigenvalue weighted by Crippen LogP contribution is -2.46. The van der Waals surface area contributed by atoms with Crippen molar-refractivity contribution < 1.29 is 17.9 Å². The molecule has 2 saturated carbocycles. The van der Waals surface area contributed by atoms with Crippen LogP contribution < -0.4 is 0 Å². The standard InChI is InChI=1S/C27H30O4S/c1-26(2)22-17-18-27(26,20-32(29,30)23-14-7-4-8-15-23)24(19-22)31-25(28)16-10-9-13-21-11-5-3-6-12-21/h3-9,11-12,14-16,22,24H,13,17-20H2,1-2H3/t10?,22-,24-,27-/m1/s1. The third-order valence-corrected chi connectivity index (χ3v) is 9.55. The topological polar surface area (TPSA) is 60.4 Å². The predicted octanol–water partition coefficient (Wildman–Crippen LogP) is 5.15. The lowest BCUT2D eigenvalue weighted by Gasteiger charge is -2.41. The number of rotatable bonds is 7. The molecule has 2 bridgehead atoms. The van der Waals surface area contributed by atoms with Crippen LogP contribution >= 0.6 is 0 Å². The molecule has 0 unspecified atom stereocenters. The van der Waals surface area contributed by atoms with Crippen LogP contribution in [-0.4, -0.2) is 26.2 Å². The monoisotopic (exact) mass is 450 g/mol. The van der Waals surface area contributed by atoms with Crippen molar-refractivity contribution in [1.29, 1.82) is 0 Å². The van der Waals surface area contributed by atoms with Crippen molar-refractivity contribution in [2.75, 3.05) is 5.75 Å². The maximum Gasteiger partial charge on any atom is 0.338 e. The number of ether oxygens (including phenoxy) is 1. The van der Waals surface area contributed by atoms with Gasteiger partial charge in [-0.05, 0) is 60.8 Å². The van der Waals surface area contributed by atoms with Gasteiger partial charge in [-0.2, -0.15) is 0 Å². The molecule has 0 saturated heterocycles. The van der Waals surface area contributed by atoms with Gasteiger partial charge in [0.2, 0.25) is 0 Å². The summed E-state index contributed by atoms with van der Waals surface area (Å²) in [5.74, 6) is -0.109. The van der Waals surface area contributed by atoms with Crippen LogP contribution in [0.25, 0.3) is 0 Å². The average Bonchev–Trinajstić information content (AvgIpc) is 3.13. The second kappa shape index (κ2) is 8.73. The van der Waals surface area contributed by atoms with Crippen LogP contribution in [0.15, 0.2) is 83.4 Å². The number of hydrogen-bond acceptors (Lipinski definition) is 4. The van der Waals surface area contributed by atoms with E-state index in [0.29, 0.717) is 23.7 Å². The predicted molar refractivity (Wildman–Crippen MR) is 125 cm³/mol. The van der Waals surface area contributed by atoms with Crippen LogP contribution in [0, 0.1) is 16.7 Å². The van der Waals surface area contributed by atoms with Crippen LogP contribution in [0.3, 0.4) is 0 Å². The molecule has 2 aliphatic carbocycles. The van der Waals surface area contributed by atoms with Gasteiger partial charge in [0.05, 0.1) is 16.7 Å². The summed E-state index contributed by atoms with van der Waals surface area (Å²) in [6.07, 6.45) is 5.83. The Kier molecular flexibility index (Phi) is 6.15.